The highest BCUT2D eigenvalue weighted by Gasteiger charge is 2.35. The van der Waals surface area contributed by atoms with Crippen molar-refractivity contribution in [1.29, 1.82) is 0 Å². The summed E-state index contributed by atoms with van der Waals surface area (Å²) in [4.78, 5) is 89.3. The van der Waals surface area contributed by atoms with Gasteiger partial charge in [-0.05, 0) is 61.8 Å². The summed E-state index contributed by atoms with van der Waals surface area (Å²) in [5.74, 6) is -5.59. The monoisotopic (exact) mass is 690 g/mol. The lowest BCUT2D eigenvalue weighted by molar-refractivity contribution is -0.136. The van der Waals surface area contributed by atoms with Gasteiger partial charge in [0.2, 0.25) is 41.4 Å². The molecule has 6 atom stereocenters. The molecule has 0 spiro atoms. The van der Waals surface area contributed by atoms with Crippen molar-refractivity contribution >= 4 is 41.4 Å². The molecule has 0 aliphatic heterocycles. The number of carbonyl (C=O) groups is 7. The Hall–Kier alpha value is -4.73. The fraction of sp³-hybridized carbons (Fsp3) is 0.606. The van der Waals surface area contributed by atoms with E-state index in [2.05, 4.69) is 26.6 Å². The molecular weight excluding hydrogens is 636 g/mol. The van der Waals surface area contributed by atoms with Crippen molar-refractivity contribution in [3.63, 3.8) is 0 Å². The number of benzene rings is 1. The predicted octanol–water partition coefficient (Wildman–Crippen LogP) is -1.04. The van der Waals surface area contributed by atoms with Crippen molar-refractivity contribution in [2.45, 2.75) is 110 Å². The molecule has 16 heteroatoms. The quantitative estimate of drug-likeness (QED) is 0.0671. The van der Waals surface area contributed by atoms with Crippen LogP contribution >= 0.6 is 0 Å². The largest absolute Gasteiger partial charge is 0.508 e. The normalized spacial score (nSPS) is 14.7. The Balaban J connectivity index is 3.28. The molecular formula is C33H54N8O8. The fourth-order valence-corrected chi connectivity index (χ4v) is 4.92. The van der Waals surface area contributed by atoms with Gasteiger partial charge in [-0.2, -0.15) is 0 Å². The second-order valence-electron chi connectivity index (χ2n) is 12.5. The molecule has 0 aliphatic rings. The first-order chi connectivity index (χ1) is 23.0. The van der Waals surface area contributed by atoms with Crippen LogP contribution in [0, 0.1) is 11.8 Å². The number of carbonyl (C=O) groups excluding carboxylic acids is 7. The van der Waals surface area contributed by atoms with E-state index in [1.165, 1.54) is 19.1 Å². The average Bonchev–Trinajstić information content (AvgIpc) is 3.03. The van der Waals surface area contributed by atoms with Gasteiger partial charge in [0.05, 0.1) is 0 Å². The molecule has 49 heavy (non-hydrogen) atoms. The third-order valence-corrected chi connectivity index (χ3v) is 8.03. The molecule has 0 aromatic heterocycles. The van der Waals surface area contributed by atoms with Gasteiger partial charge in [0.15, 0.2) is 0 Å². The standard InChI is InChI=1S/C33H54N8O8/c1-6-19(4)28(41-30(46)24(37-20(5)42)14-15-26(35)44)33(49)40-27(18(2)3)32(48)39-25(17-21-10-12-22(43)13-11-21)31(47)38-23(29(36)45)9-7-8-16-34/h10-13,18-19,23-25,27-28,43H,6-9,14-17,34H2,1-5H3,(H2,35,44)(H2,36,45)(H,37,42)(H,38,47)(H,39,48)(H,40,49)(H,41,46)/t19-,23-,24-,25-,27-,28-/m0/s1. The molecule has 0 unspecified atom stereocenters. The van der Waals surface area contributed by atoms with E-state index >= 15 is 0 Å². The van der Waals surface area contributed by atoms with E-state index in [1.807, 2.05) is 6.92 Å². The molecule has 0 heterocycles. The lowest BCUT2D eigenvalue weighted by atomic mass is 9.95. The molecule has 0 saturated carbocycles. The number of unbranched alkanes of at least 4 members (excludes halogenated alkanes) is 1. The van der Waals surface area contributed by atoms with E-state index in [0.717, 1.165) is 0 Å². The van der Waals surface area contributed by atoms with E-state index in [1.54, 1.807) is 32.9 Å². The second-order valence-corrected chi connectivity index (χ2v) is 12.5. The number of rotatable bonds is 22. The maximum absolute atomic E-state index is 13.7. The summed E-state index contributed by atoms with van der Waals surface area (Å²) >= 11 is 0. The summed E-state index contributed by atoms with van der Waals surface area (Å²) in [6.07, 6.45) is 1.57. The maximum Gasteiger partial charge on any atom is 0.243 e. The molecule has 0 aliphatic carbocycles. The lowest BCUT2D eigenvalue weighted by Crippen LogP contribution is -2.61. The van der Waals surface area contributed by atoms with Gasteiger partial charge in [-0.25, -0.2) is 0 Å². The minimum Gasteiger partial charge on any atom is -0.508 e. The van der Waals surface area contributed by atoms with Gasteiger partial charge in [0.1, 0.15) is 36.0 Å². The zero-order chi connectivity index (χ0) is 37.3. The highest BCUT2D eigenvalue weighted by atomic mass is 16.3. The van der Waals surface area contributed by atoms with Gasteiger partial charge in [-0.1, -0.05) is 46.2 Å². The Kier molecular flexibility index (Phi) is 18.4. The van der Waals surface area contributed by atoms with Crippen molar-refractivity contribution in [2.75, 3.05) is 6.54 Å². The van der Waals surface area contributed by atoms with Gasteiger partial charge in [-0.15, -0.1) is 0 Å². The smallest absolute Gasteiger partial charge is 0.243 e. The van der Waals surface area contributed by atoms with Crippen molar-refractivity contribution in [1.82, 2.24) is 26.6 Å². The molecule has 7 amide bonds. The van der Waals surface area contributed by atoms with Gasteiger partial charge in [0.25, 0.3) is 0 Å². The fourth-order valence-electron chi connectivity index (χ4n) is 4.92. The van der Waals surface area contributed by atoms with E-state index < -0.39 is 83.4 Å². The van der Waals surface area contributed by atoms with Crippen LogP contribution in [-0.4, -0.2) is 83.2 Å². The van der Waals surface area contributed by atoms with Crippen LogP contribution in [-0.2, 0) is 40.0 Å². The van der Waals surface area contributed by atoms with Gasteiger partial charge < -0.3 is 48.9 Å². The molecule has 16 nitrogen and oxygen atoms in total. The van der Waals surface area contributed by atoms with Crippen molar-refractivity contribution in [3.8, 4) is 5.75 Å². The minimum atomic E-state index is -1.21. The molecule has 0 bridgehead atoms. The number of hydrogen-bond donors (Lipinski definition) is 9. The summed E-state index contributed by atoms with van der Waals surface area (Å²) in [7, 11) is 0. The van der Waals surface area contributed by atoms with Crippen LogP contribution in [0.3, 0.4) is 0 Å². The van der Waals surface area contributed by atoms with Crippen LogP contribution in [0.15, 0.2) is 24.3 Å². The molecule has 0 radical (unpaired) electrons. The number of phenols is 1. The number of phenolic OH excluding ortho intramolecular Hbond substituents is 1. The van der Waals surface area contributed by atoms with E-state index in [-0.39, 0.29) is 31.4 Å². The summed E-state index contributed by atoms with van der Waals surface area (Å²) in [5.41, 5.74) is 16.9. The highest BCUT2D eigenvalue weighted by Crippen LogP contribution is 2.14. The van der Waals surface area contributed by atoms with E-state index in [9.17, 15) is 38.7 Å². The molecule has 274 valence electrons. The van der Waals surface area contributed by atoms with Crippen molar-refractivity contribution in [2.24, 2.45) is 29.0 Å². The third-order valence-electron chi connectivity index (χ3n) is 8.03. The number of nitrogens with two attached hydrogens (primary N) is 3. The molecule has 12 N–H and O–H groups in total. The zero-order valence-corrected chi connectivity index (χ0v) is 29.0. The number of aromatic hydroxyl groups is 1. The average molecular weight is 691 g/mol. The minimum absolute atomic E-state index is 0.00397. The Morgan fingerprint density at radius 3 is 1.78 bits per heavy atom. The van der Waals surface area contributed by atoms with E-state index in [4.69, 9.17) is 17.2 Å². The predicted molar refractivity (Wildman–Crippen MR) is 182 cm³/mol. The number of nitrogens with one attached hydrogen (secondary N) is 5. The molecule has 1 rings (SSSR count). The van der Waals surface area contributed by atoms with Gasteiger partial charge in [-0.3, -0.25) is 33.6 Å². The summed E-state index contributed by atoms with van der Waals surface area (Å²) in [6.45, 7) is 8.52. The first-order valence-corrected chi connectivity index (χ1v) is 16.5. The molecule has 0 saturated heterocycles. The SMILES string of the molecule is CC[C@H](C)[C@H](NC(=O)[C@H](CCC(N)=O)NC(C)=O)C(=O)N[C@H](C(=O)N[C@@H](Cc1ccc(O)cc1)C(=O)N[C@@H](CCCCN)C(N)=O)C(C)C. The van der Waals surface area contributed by atoms with Gasteiger partial charge >= 0.3 is 0 Å². The van der Waals surface area contributed by atoms with Crippen LogP contribution in [0.4, 0.5) is 0 Å². The van der Waals surface area contributed by atoms with E-state index in [0.29, 0.717) is 31.4 Å². The van der Waals surface area contributed by atoms with Crippen LogP contribution < -0.4 is 43.8 Å². The van der Waals surface area contributed by atoms with Crippen molar-refractivity contribution in [3.05, 3.63) is 29.8 Å². The second kappa shape index (κ2) is 21.3. The van der Waals surface area contributed by atoms with Gasteiger partial charge in [0, 0.05) is 19.8 Å². The van der Waals surface area contributed by atoms with Crippen molar-refractivity contribution < 1.29 is 38.7 Å². The Morgan fingerprint density at radius 1 is 0.714 bits per heavy atom. The Morgan fingerprint density at radius 2 is 1.27 bits per heavy atom. The first-order valence-electron chi connectivity index (χ1n) is 16.5. The highest BCUT2D eigenvalue weighted by molar-refractivity contribution is 5.96. The van der Waals surface area contributed by atoms with Crippen LogP contribution in [0.1, 0.15) is 78.7 Å². The first kappa shape index (κ1) is 42.3. The summed E-state index contributed by atoms with van der Waals surface area (Å²) < 4.78 is 0. The molecule has 0 fully saturated rings. The molecule has 1 aromatic rings. The maximum atomic E-state index is 13.7. The number of amides is 7. The number of primary amides is 2. The van der Waals surface area contributed by atoms with Crippen LogP contribution in [0.2, 0.25) is 0 Å². The summed E-state index contributed by atoms with van der Waals surface area (Å²) in [6, 6.07) is 0.365. The molecule has 1 aromatic carbocycles. The zero-order valence-electron chi connectivity index (χ0n) is 29.0. The third kappa shape index (κ3) is 15.4. The van der Waals surface area contributed by atoms with Crippen LogP contribution in [0.25, 0.3) is 0 Å². The Bertz CT molecular complexity index is 1290. The summed E-state index contributed by atoms with van der Waals surface area (Å²) in [5, 5.41) is 22.8. The number of hydrogen-bond acceptors (Lipinski definition) is 9. The topological polar surface area (TPSA) is 278 Å². The lowest BCUT2D eigenvalue weighted by Gasteiger charge is -2.30. The Labute approximate surface area is 287 Å². The van der Waals surface area contributed by atoms with Crippen LogP contribution in [0.5, 0.6) is 5.75 Å².